The molecule has 1 heterocycles. The summed E-state index contributed by atoms with van der Waals surface area (Å²) in [5.74, 6) is 0.911. The lowest BCUT2D eigenvalue weighted by atomic mass is 9.85. The van der Waals surface area contributed by atoms with Crippen LogP contribution in [0.1, 0.15) is 11.3 Å². The molecule has 0 N–H and O–H groups in total. The number of benzene rings is 9. The van der Waals surface area contributed by atoms with Gasteiger partial charge in [0.25, 0.3) is 0 Å². The predicted molar refractivity (Wildman–Crippen MR) is 231 cm³/mol. The highest BCUT2D eigenvalue weighted by Gasteiger charge is 2.19. The summed E-state index contributed by atoms with van der Waals surface area (Å²) < 4.78 is 6.26. The Kier molecular flexibility index (Phi) is 7.59. The van der Waals surface area contributed by atoms with Crippen LogP contribution in [0.3, 0.4) is 0 Å². The fraction of sp³-hybridized carbons (Fsp3) is 0.0189. The van der Waals surface area contributed by atoms with Crippen molar-refractivity contribution in [3.05, 3.63) is 200 Å². The fourth-order valence-corrected chi connectivity index (χ4v) is 8.54. The molecule has 10 rings (SSSR count). The number of furan rings is 1. The molecule has 0 amide bonds. The van der Waals surface area contributed by atoms with Crippen LogP contribution in [0.2, 0.25) is 0 Å². The van der Waals surface area contributed by atoms with Crippen LogP contribution in [0.5, 0.6) is 0 Å². The first-order valence-electron chi connectivity index (χ1n) is 18.5. The maximum Gasteiger partial charge on any atom is 0.134 e. The van der Waals surface area contributed by atoms with E-state index < -0.39 is 0 Å². The molecular weight excluding hydrogens is 653 g/mol. The molecule has 0 saturated heterocycles. The maximum absolute atomic E-state index is 6.26. The minimum Gasteiger partial charge on any atom is -0.461 e. The van der Waals surface area contributed by atoms with E-state index in [4.69, 9.17) is 4.42 Å². The molecule has 0 bridgehead atoms. The Labute approximate surface area is 315 Å². The Morgan fingerprint density at radius 1 is 0.389 bits per heavy atom. The molecule has 1 aromatic heterocycles. The lowest BCUT2D eigenvalue weighted by molar-refractivity contribution is 0.580. The van der Waals surface area contributed by atoms with Crippen molar-refractivity contribution in [2.24, 2.45) is 0 Å². The van der Waals surface area contributed by atoms with Crippen molar-refractivity contribution in [3.63, 3.8) is 0 Å². The van der Waals surface area contributed by atoms with E-state index >= 15 is 0 Å². The van der Waals surface area contributed by atoms with E-state index in [1.807, 2.05) is 13.0 Å². The zero-order chi connectivity index (χ0) is 36.2. The van der Waals surface area contributed by atoms with E-state index in [1.165, 1.54) is 65.7 Å². The van der Waals surface area contributed by atoms with E-state index in [2.05, 4.69) is 189 Å². The van der Waals surface area contributed by atoms with Crippen LogP contribution in [0.4, 0.5) is 0 Å². The molecule has 9 aromatic carbocycles. The minimum atomic E-state index is 0.891. The van der Waals surface area contributed by atoms with Crippen molar-refractivity contribution in [1.82, 2.24) is 0 Å². The lowest BCUT2D eigenvalue weighted by Crippen LogP contribution is -1.91. The van der Waals surface area contributed by atoms with Gasteiger partial charge in [0, 0.05) is 10.9 Å². The van der Waals surface area contributed by atoms with Crippen molar-refractivity contribution < 1.29 is 4.42 Å². The molecule has 1 nitrogen and oxygen atoms in total. The predicted octanol–water partition coefficient (Wildman–Crippen LogP) is 15.2. The summed E-state index contributed by atoms with van der Waals surface area (Å²) >= 11 is 0. The van der Waals surface area contributed by atoms with Crippen molar-refractivity contribution in [2.75, 3.05) is 0 Å². The molecule has 0 aliphatic rings. The zero-order valence-corrected chi connectivity index (χ0v) is 30.0. The van der Waals surface area contributed by atoms with E-state index in [0.717, 1.165) is 44.5 Å². The van der Waals surface area contributed by atoms with Gasteiger partial charge in [-0.25, -0.2) is 0 Å². The highest BCUT2D eigenvalue weighted by atomic mass is 16.3. The Morgan fingerprint density at radius 3 is 1.65 bits per heavy atom. The number of hydrogen-bond donors (Lipinski definition) is 0. The van der Waals surface area contributed by atoms with Crippen molar-refractivity contribution in [3.8, 4) is 55.6 Å². The van der Waals surface area contributed by atoms with Gasteiger partial charge in [0.1, 0.15) is 11.3 Å². The Bertz CT molecular complexity index is 3000. The van der Waals surface area contributed by atoms with Crippen LogP contribution in [0.15, 0.2) is 193 Å². The Morgan fingerprint density at radius 2 is 0.926 bits per heavy atom. The normalized spacial score (nSPS) is 11.5. The molecule has 0 atom stereocenters. The molecule has 10 aromatic rings. The first kappa shape index (κ1) is 31.7. The molecule has 54 heavy (non-hydrogen) atoms. The Hall–Kier alpha value is -6.96. The van der Waals surface area contributed by atoms with Gasteiger partial charge in [-0.05, 0) is 113 Å². The van der Waals surface area contributed by atoms with Gasteiger partial charge in [0.2, 0.25) is 0 Å². The van der Waals surface area contributed by atoms with Gasteiger partial charge >= 0.3 is 0 Å². The first-order valence-corrected chi connectivity index (χ1v) is 18.5. The molecule has 0 radical (unpaired) electrons. The molecule has 0 aliphatic carbocycles. The van der Waals surface area contributed by atoms with Crippen molar-refractivity contribution in [1.29, 1.82) is 0 Å². The van der Waals surface area contributed by atoms with Crippen molar-refractivity contribution in [2.45, 2.75) is 6.92 Å². The topological polar surface area (TPSA) is 13.1 Å². The summed E-state index contributed by atoms with van der Waals surface area (Å²) in [5.41, 5.74) is 14.0. The lowest BCUT2D eigenvalue weighted by Gasteiger charge is -2.18. The monoisotopic (exact) mass is 688 g/mol. The van der Waals surface area contributed by atoms with Gasteiger partial charge in [0.05, 0.1) is 0 Å². The molecule has 0 aliphatic heterocycles. The summed E-state index contributed by atoms with van der Waals surface area (Å²) in [6, 6.07) is 66.0. The van der Waals surface area contributed by atoms with E-state index in [0.29, 0.717) is 0 Å². The van der Waals surface area contributed by atoms with E-state index in [1.54, 1.807) is 0 Å². The molecule has 0 unspecified atom stereocenters. The van der Waals surface area contributed by atoms with E-state index in [9.17, 15) is 0 Å². The molecule has 0 saturated carbocycles. The average Bonchev–Trinajstić information content (AvgIpc) is 3.57. The molecule has 0 spiro atoms. The van der Waals surface area contributed by atoms with Crippen LogP contribution >= 0.6 is 0 Å². The molecule has 0 fully saturated rings. The second-order valence-corrected chi connectivity index (χ2v) is 14.1. The molecule has 254 valence electrons. The van der Waals surface area contributed by atoms with Crippen LogP contribution in [-0.4, -0.2) is 0 Å². The first-order chi connectivity index (χ1) is 26.7. The van der Waals surface area contributed by atoms with Gasteiger partial charge in [-0.1, -0.05) is 176 Å². The van der Waals surface area contributed by atoms with Crippen LogP contribution in [0.25, 0.3) is 105 Å². The van der Waals surface area contributed by atoms with Crippen molar-refractivity contribution >= 4 is 49.4 Å². The summed E-state index contributed by atoms with van der Waals surface area (Å²) in [5, 5.41) is 8.62. The van der Waals surface area contributed by atoms with Gasteiger partial charge in [-0.2, -0.15) is 0 Å². The SMILES string of the molecule is C=Cc1ccccc1-c1c(C)oc2ccc(-c3ccc(-c4c5ccccc5c(-c5cccc(-c6cccc7ccccc67)c5)c5ccccc45)cc3)cc12. The fourth-order valence-electron chi connectivity index (χ4n) is 8.54. The van der Waals surface area contributed by atoms with Gasteiger partial charge in [-0.15, -0.1) is 0 Å². The van der Waals surface area contributed by atoms with Crippen LogP contribution in [-0.2, 0) is 0 Å². The van der Waals surface area contributed by atoms with Gasteiger partial charge < -0.3 is 4.42 Å². The summed E-state index contributed by atoms with van der Waals surface area (Å²) in [4.78, 5) is 0. The van der Waals surface area contributed by atoms with Gasteiger partial charge in [-0.3, -0.25) is 0 Å². The number of rotatable bonds is 6. The zero-order valence-electron chi connectivity index (χ0n) is 30.0. The minimum absolute atomic E-state index is 0.891. The third kappa shape index (κ3) is 5.17. The maximum atomic E-state index is 6.26. The van der Waals surface area contributed by atoms with Crippen LogP contribution < -0.4 is 0 Å². The Balaban J connectivity index is 1.10. The highest BCUT2D eigenvalue weighted by molar-refractivity contribution is 6.21. The summed E-state index contributed by atoms with van der Waals surface area (Å²) in [6.45, 7) is 6.11. The smallest absolute Gasteiger partial charge is 0.134 e. The third-order valence-corrected chi connectivity index (χ3v) is 11.0. The standard InChI is InChI=1S/C53H36O/c1-3-35-14-4-7-20-44(35)51-34(2)54-50-31-30-39(33-49(50)51)36-26-28-38(29-27-36)52-45-21-8-10-23-47(45)53(48-24-11-9-22-46(48)52)41-18-12-17-40(32-41)43-25-13-16-37-15-5-6-19-42(37)43/h3-33H,1H2,2H3. The number of aryl methyl sites for hydroxylation is 1. The quantitative estimate of drug-likeness (QED) is 0.159. The number of hydrogen-bond acceptors (Lipinski definition) is 1. The molecular formula is C53H36O. The summed E-state index contributed by atoms with van der Waals surface area (Å²) in [6.07, 6.45) is 1.92. The third-order valence-electron chi connectivity index (χ3n) is 11.0. The second-order valence-electron chi connectivity index (χ2n) is 14.1. The second kappa shape index (κ2) is 12.9. The summed E-state index contributed by atoms with van der Waals surface area (Å²) in [7, 11) is 0. The van der Waals surface area contributed by atoms with Gasteiger partial charge in [0.15, 0.2) is 0 Å². The largest absolute Gasteiger partial charge is 0.461 e. The average molecular weight is 689 g/mol. The number of fused-ring (bicyclic) bond motifs is 4. The van der Waals surface area contributed by atoms with E-state index in [-0.39, 0.29) is 0 Å². The van der Waals surface area contributed by atoms with Crippen LogP contribution in [0, 0.1) is 6.92 Å². The highest BCUT2D eigenvalue weighted by Crippen LogP contribution is 2.45. The molecule has 1 heteroatoms.